The van der Waals surface area contributed by atoms with Crippen LogP contribution >= 0.6 is 11.3 Å². The number of rotatable bonds is 5. The molecule has 0 radical (unpaired) electrons. The number of benzene rings is 2. The van der Waals surface area contributed by atoms with E-state index in [1.54, 1.807) is 18.2 Å². The number of nitrogens with zero attached hydrogens (tertiary/aromatic N) is 3. The zero-order valence-corrected chi connectivity index (χ0v) is 27.2. The lowest BCUT2D eigenvalue weighted by molar-refractivity contribution is -0.0154. The summed E-state index contributed by atoms with van der Waals surface area (Å²) in [5.74, 6) is 0.279. The number of carbonyl (C=O) groups is 2. The summed E-state index contributed by atoms with van der Waals surface area (Å²) in [5, 5.41) is 1.59. The van der Waals surface area contributed by atoms with Crippen molar-refractivity contribution >= 4 is 43.9 Å². The number of fused-ring (bicyclic) bond motifs is 1. The largest absolute Gasteiger partial charge is 0.337 e. The molecule has 1 N–H and O–H groups in total. The molecule has 0 atom stereocenters. The maximum atomic E-state index is 14.0. The molecule has 3 aliphatic rings. The molecule has 0 bridgehead atoms. The topological polar surface area (TPSA) is 99.7 Å². The van der Waals surface area contributed by atoms with Crippen LogP contribution in [0.25, 0.3) is 21.2 Å². The second kappa shape index (κ2) is 11.3. The Hall–Kier alpha value is -2.82. The average Bonchev–Trinajstić information content (AvgIpc) is 3.39. The van der Waals surface area contributed by atoms with Crippen molar-refractivity contribution in [3.05, 3.63) is 47.1 Å². The number of amides is 2. The minimum Gasteiger partial charge on any atom is -0.337 e. The predicted molar refractivity (Wildman–Crippen MR) is 171 cm³/mol. The van der Waals surface area contributed by atoms with Crippen molar-refractivity contribution in [3.63, 3.8) is 0 Å². The standard InChI is InChI=1S/C33H42N4O4S2/c1-22-14-18-36(19-15-22)30(38)27-28(42-29(34-27)31(39)37-20-33(21-37)16-8-5-9-17-33)25-12-13-26(24-11-7-6-10-23(24)25)43(40,41)35-32(2,3)4/h6-7,10-13,22,35H,5,8-9,14-21H2,1-4H3. The van der Waals surface area contributed by atoms with Crippen LogP contribution in [0.1, 0.15) is 92.9 Å². The number of hydrogen-bond donors (Lipinski definition) is 1. The number of carbonyl (C=O) groups excluding carboxylic acids is 2. The molecule has 1 spiro atoms. The van der Waals surface area contributed by atoms with Gasteiger partial charge in [-0.1, -0.05) is 56.5 Å². The van der Waals surface area contributed by atoms with Gasteiger partial charge in [-0.3, -0.25) is 9.59 Å². The molecule has 3 heterocycles. The van der Waals surface area contributed by atoms with Gasteiger partial charge in [-0.2, -0.15) is 0 Å². The molecule has 1 aromatic heterocycles. The SMILES string of the molecule is CC1CCN(C(=O)c2nc(C(=O)N3CC4(CCCCC4)C3)sc2-c2ccc(S(=O)(=O)NC(C)(C)C)c3ccccc23)CC1. The molecule has 0 unspecified atom stereocenters. The number of nitrogens with one attached hydrogen (secondary N) is 1. The fourth-order valence-electron chi connectivity index (χ4n) is 6.92. The maximum Gasteiger partial charge on any atom is 0.282 e. The number of likely N-dealkylation sites (tertiary alicyclic amines) is 2. The summed E-state index contributed by atoms with van der Waals surface area (Å²) >= 11 is 1.25. The fourth-order valence-corrected chi connectivity index (χ4v) is 9.62. The predicted octanol–water partition coefficient (Wildman–Crippen LogP) is 6.32. The summed E-state index contributed by atoms with van der Waals surface area (Å²) in [6.45, 7) is 10.5. The van der Waals surface area contributed by atoms with Crippen molar-refractivity contribution in [1.29, 1.82) is 0 Å². The molecule has 2 amide bonds. The van der Waals surface area contributed by atoms with Crippen molar-refractivity contribution in [2.24, 2.45) is 11.3 Å². The van der Waals surface area contributed by atoms with Crippen LogP contribution in [0, 0.1) is 11.3 Å². The molecule has 1 aliphatic carbocycles. The van der Waals surface area contributed by atoms with Crippen molar-refractivity contribution in [2.45, 2.75) is 83.1 Å². The lowest BCUT2D eigenvalue weighted by Crippen LogP contribution is -2.59. The third kappa shape index (κ3) is 5.98. The highest BCUT2D eigenvalue weighted by Gasteiger charge is 2.46. The van der Waals surface area contributed by atoms with Crippen molar-refractivity contribution < 1.29 is 18.0 Å². The molecule has 2 saturated heterocycles. The van der Waals surface area contributed by atoms with E-state index in [4.69, 9.17) is 4.98 Å². The first-order valence-corrected chi connectivity index (χ1v) is 17.8. The molecule has 6 rings (SSSR count). The van der Waals surface area contributed by atoms with Crippen molar-refractivity contribution in [2.75, 3.05) is 26.2 Å². The van der Waals surface area contributed by atoms with Gasteiger partial charge < -0.3 is 9.80 Å². The first-order valence-electron chi connectivity index (χ1n) is 15.5. The molecule has 1 saturated carbocycles. The molecule has 3 aromatic rings. The molecule has 2 aromatic carbocycles. The summed E-state index contributed by atoms with van der Waals surface area (Å²) < 4.78 is 29.6. The van der Waals surface area contributed by atoms with Crippen LogP contribution in [-0.4, -0.2) is 66.7 Å². The maximum absolute atomic E-state index is 14.0. The summed E-state index contributed by atoms with van der Waals surface area (Å²) in [5.41, 5.74) is 0.590. The van der Waals surface area contributed by atoms with E-state index in [0.29, 0.717) is 45.2 Å². The van der Waals surface area contributed by atoms with E-state index in [2.05, 4.69) is 11.6 Å². The van der Waals surface area contributed by atoms with Gasteiger partial charge in [-0.15, -0.1) is 11.3 Å². The van der Waals surface area contributed by atoms with Gasteiger partial charge in [0.05, 0.1) is 9.77 Å². The highest BCUT2D eigenvalue weighted by Crippen LogP contribution is 2.45. The van der Waals surface area contributed by atoms with Crippen LogP contribution in [0.15, 0.2) is 41.3 Å². The van der Waals surface area contributed by atoms with Gasteiger partial charge in [-0.05, 0) is 63.8 Å². The summed E-state index contributed by atoms with van der Waals surface area (Å²) in [7, 11) is -3.82. The van der Waals surface area contributed by atoms with Gasteiger partial charge in [0.25, 0.3) is 11.8 Å². The van der Waals surface area contributed by atoms with Crippen molar-refractivity contribution in [3.8, 4) is 10.4 Å². The van der Waals surface area contributed by atoms with Crippen LogP contribution in [0.3, 0.4) is 0 Å². The van der Waals surface area contributed by atoms with Crippen molar-refractivity contribution in [1.82, 2.24) is 19.5 Å². The van der Waals surface area contributed by atoms with Gasteiger partial charge in [0, 0.05) is 48.1 Å². The molecule has 43 heavy (non-hydrogen) atoms. The van der Waals surface area contributed by atoms with E-state index in [9.17, 15) is 18.0 Å². The van der Waals surface area contributed by atoms with E-state index in [0.717, 1.165) is 25.9 Å². The zero-order chi connectivity index (χ0) is 30.6. The van der Waals surface area contributed by atoms with E-state index < -0.39 is 15.6 Å². The third-order valence-corrected chi connectivity index (χ3v) is 12.1. The smallest absolute Gasteiger partial charge is 0.282 e. The lowest BCUT2D eigenvalue weighted by Gasteiger charge is -2.52. The zero-order valence-electron chi connectivity index (χ0n) is 25.6. The number of sulfonamides is 1. The van der Waals surface area contributed by atoms with Crippen LogP contribution in [0.4, 0.5) is 0 Å². The minimum absolute atomic E-state index is 0.119. The Morgan fingerprint density at radius 1 is 0.930 bits per heavy atom. The van der Waals surface area contributed by atoms with E-state index in [-0.39, 0.29) is 27.8 Å². The second-order valence-electron chi connectivity index (χ2n) is 13.9. The highest BCUT2D eigenvalue weighted by atomic mass is 32.2. The van der Waals surface area contributed by atoms with E-state index in [1.165, 1.54) is 43.4 Å². The van der Waals surface area contributed by atoms with Crippen LogP contribution in [0.5, 0.6) is 0 Å². The Kier molecular flexibility index (Phi) is 7.92. The quantitative estimate of drug-likeness (QED) is 0.359. The van der Waals surface area contributed by atoms with Crippen LogP contribution in [0.2, 0.25) is 0 Å². The van der Waals surface area contributed by atoms with Gasteiger partial charge in [-0.25, -0.2) is 18.1 Å². The Balaban J connectivity index is 1.41. The molecule has 2 aliphatic heterocycles. The molecular formula is C33H42N4O4S2. The second-order valence-corrected chi connectivity index (χ2v) is 16.6. The lowest BCUT2D eigenvalue weighted by atomic mass is 9.68. The van der Waals surface area contributed by atoms with Gasteiger partial charge in [0.1, 0.15) is 5.69 Å². The van der Waals surface area contributed by atoms with E-state index >= 15 is 0 Å². The summed E-state index contributed by atoms with van der Waals surface area (Å²) in [6, 6.07) is 10.7. The van der Waals surface area contributed by atoms with Crippen LogP contribution in [-0.2, 0) is 10.0 Å². The molecule has 10 heteroatoms. The normalized spacial score (nSPS) is 19.5. The molecule has 8 nitrogen and oxygen atoms in total. The molecule has 230 valence electrons. The van der Waals surface area contributed by atoms with Gasteiger partial charge in [0.15, 0.2) is 5.01 Å². The molecular weight excluding hydrogens is 581 g/mol. The number of aromatic nitrogens is 1. The number of thiazole rings is 1. The summed E-state index contributed by atoms with van der Waals surface area (Å²) in [4.78, 5) is 37.0. The first-order chi connectivity index (χ1) is 20.4. The number of piperidine rings is 1. The Morgan fingerprint density at radius 3 is 2.23 bits per heavy atom. The highest BCUT2D eigenvalue weighted by molar-refractivity contribution is 7.89. The fraction of sp³-hybridized carbons (Fsp3) is 0.545. The monoisotopic (exact) mass is 622 g/mol. The Labute approximate surface area is 258 Å². The first kappa shape index (κ1) is 30.2. The summed E-state index contributed by atoms with van der Waals surface area (Å²) in [6.07, 6.45) is 7.92. The minimum atomic E-state index is -3.82. The number of hydrogen-bond acceptors (Lipinski definition) is 6. The Morgan fingerprint density at radius 2 is 1.58 bits per heavy atom. The third-order valence-electron chi connectivity index (χ3n) is 9.20. The molecule has 3 fully saturated rings. The van der Waals surface area contributed by atoms with Gasteiger partial charge >= 0.3 is 0 Å². The van der Waals surface area contributed by atoms with E-state index in [1.807, 2.05) is 48.8 Å². The van der Waals surface area contributed by atoms with Gasteiger partial charge in [0.2, 0.25) is 10.0 Å². The van der Waals surface area contributed by atoms with Crippen LogP contribution < -0.4 is 4.72 Å². The average molecular weight is 623 g/mol. The Bertz CT molecular complexity index is 1650.